The molecule has 2 fully saturated rings. The third-order valence-corrected chi connectivity index (χ3v) is 6.10. The average molecular weight is 381 g/mol. The highest BCUT2D eigenvalue weighted by Crippen LogP contribution is 2.23. The van der Waals surface area contributed by atoms with E-state index >= 15 is 0 Å². The second-order valence-electron chi connectivity index (χ2n) is 6.25. The maximum atomic E-state index is 12.5. The van der Waals surface area contributed by atoms with Crippen molar-refractivity contribution in [3.05, 3.63) is 24.3 Å². The van der Waals surface area contributed by atoms with Crippen molar-refractivity contribution in [2.75, 3.05) is 23.5 Å². The van der Waals surface area contributed by atoms with E-state index in [4.69, 9.17) is 4.74 Å². The van der Waals surface area contributed by atoms with E-state index in [2.05, 4.69) is 10.6 Å². The van der Waals surface area contributed by atoms with Crippen molar-refractivity contribution < 1.29 is 27.5 Å². The maximum Gasteiger partial charge on any atom is 0.329 e. The van der Waals surface area contributed by atoms with Gasteiger partial charge in [0, 0.05) is 6.04 Å². The third-order valence-electron chi connectivity index (χ3n) is 4.34. The van der Waals surface area contributed by atoms with Gasteiger partial charge in [-0.05, 0) is 30.7 Å². The lowest BCUT2D eigenvalue weighted by Gasteiger charge is -2.14. The monoisotopic (exact) mass is 381 g/mol. The van der Waals surface area contributed by atoms with Gasteiger partial charge in [-0.2, -0.15) is 0 Å². The van der Waals surface area contributed by atoms with Crippen LogP contribution >= 0.6 is 0 Å². The molecular formula is C16H19N3O6S. The summed E-state index contributed by atoms with van der Waals surface area (Å²) in [5, 5.41) is 5.09. The molecule has 26 heavy (non-hydrogen) atoms. The van der Waals surface area contributed by atoms with Crippen molar-refractivity contribution in [2.45, 2.75) is 24.9 Å². The summed E-state index contributed by atoms with van der Waals surface area (Å²) in [6, 6.07) is 4.35. The van der Waals surface area contributed by atoms with Crippen LogP contribution in [0.4, 0.5) is 10.5 Å². The number of anilines is 1. The van der Waals surface area contributed by atoms with Gasteiger partial charge in [0.05, 0.1) is 30.7 Å². The van der Waals surface area contributed by atoms with Gasteiger partial charge in [-0.1, -0.05) is 0 Å². The van der Waals surface area contributed by atoms with E-state index in [1.165, 1.54) is 7.11 Å². The van der Waals surface area contributed by atoms with Crippen LogP contribution < -0.4 is 20.3 Å². The first-order valence-corrected chi connectivity index (χ1v) is 9.89. The maximum absolute atomic E-state index is 12.5. The number of amides is 4. The van der Waals surface area contributed by atoms with Crippen LogP contribution in [0.15, 0.2) is 24.3 Å². The summed E-state index contributed by atoms with van der Waals surface area (Å²) in [4.78, 5) is 37.7. The Balaban J connectivity index is 1.62. The number of nitrogens with zero attached hydrogens (tertiary/aromatic N) is 1. The van der Waals surface area contributed by atoms with Gasteiger partial charge in [-0.15, -0.1) is 0 Å². The Kier molecular flexibility index (Phi) is 4.86. The molecule has 2 aliphatic heterocycles. The standard InChI is InChI=1S/C16H19N3O6S/c1-25-12-4-2-11(3-5-12)19-15(21)13(18-16(19)22)8-14(20)17-10-6-7-26(23,24)9-10/h2-5,10,13H,6-9H2,1H3,(H,17,20)(H,18,22)/t10?,13-/m0/s1. The van der Waals surface area contributed by atoms with E-state index in [1.807, 2.05) is 0 Å². The number of hydrogen-bond donors (Lipinski definition) is 2. The molecule has 2 saturated heterocycles. The van der Waals surface area contributed by atoms with Crippen molar-refractivity contribution in [1.82, 2.24) is 10.6 Å². The Hall–Kier alpha value is -2.62. The first kappa shape index (κ1) is 18.2. The van der Waals surface area contributed by atoms with E-state index < -0.39 is 39.8 Å². The largest absolute Gasteiger partial charge is 0.497 e. The highest BCUT2D eigenvalue weighted by atomic mass is 32.2. The summed E-state index contributed by atoms with van der Waals surface area (Å²) in [7, 11) is -1.60. The normalized spacial score (nSPS) is 24.4. The minimum Gasteiger partial charge on any atom is -0.497 e. The molecule has 140 valence electrons. The zero-order valence-corrected chi connectivity index (χ0v) is 14.9. The highest BCUT2D eigenvalue weighted by Gasteiger charge is 2.40. The Bertz CT molecular complexity index is 836. The number of sulfone groups is 1. The number of imide groups is 1. The number of urea groups is 1. The minimum absolute atomic E-state index is 0.0439. The topological polar surface area (TPSA) is 122 Å². The smallest absolute Gasteiger partial charge is 0.329 e. The summed E-state index contributed by atoms with van der Waals surface area (Å²) in [6.07, 6.45) is 0.116. The molecule has 2 heterocycles. The van der Waals surface area contributed by atoms with Gasteiger partial charge in [0.15, 0.2) is 9.84 Å². The number of benzene rings is 1. The lowest BCUT2D eigenvalue weighted by molar-refractivity contribution is -0.126. The number of methoxy groups -OCH3 is 1. The Morgan fingerprint density at radius 2 is 2.00 bits per heavy atom. The first-order chi connectivity index (χ1) is 12.3. The SMILES string of the molecule is COc1ccc(N2C(=O)N[C@@H](CC(=O)NC3CCS(=O)(=O)C3)C2=O)cc1. The molecule has 0 aromatic heterocycles. The Labute approximate surface area is 150 Å². The van der Waals surface area contributed by atoms with Gasteiger partial charge >= 0.3 is 6.03 Å². The minimum atomic E-state index is -3.11. The summed E-state index contributed by atoms with van der Waals surface area (Å²) < 4.78 is 27.9. The molecule has 0 aliphatic carbocycles. The van der Waals surface area contributed by atoms with Gasteiger partial charge in [0.25, 0.3) is 5.91 Å². The molecule has 0 bridgehead atoms. The van der Waals surface area contributed by atoms with Crippen LogP contribution in [0, 0.1) is 0 Å². The summed E-state index contributed by atoms with van der Waals surface area (Å²) in [6.45, 7) is 0. The van der Waals surface area contributed by atoms with Crippen molar-refractivity contribution in [1.29, 1.82) is 0 Å². The zero-order chi connectivity index (χ0) is 18.9. The van der Waals surface area contributed by atoms with E-state index in [9.17, 15) is 22.8 Å². The molecule has 2 atom stereocenters. The van der Waals surface area contributed by atoms with Gasteiger partial charge in [-0.3, -0.25) is 9.59 Å². The van der Waals surface area contributed by atoms with Crippen molar-refractivity contribution in [3.8, 4) is 5.75 Å². The molecule has 2 aliphatic rings. The first-order valence-electron chi connectivity index (χ1n) is 8.07. The molecule has 0 radical (unpaired) electrons. The molecule has 9 nitrogen and oxygen atoms in total. The molecule has 2 N–H and O–H groups in total. The molecule has 0 saturated carbocycles. The van der Waals surface area contributed by atoms with E-state index in [1.54, 1.807) is 24.3 Å². The van der Waals surface area contributed by atoms with E-state index in [-0.39, 0.29) is 17.9 Å². The molecule has 1 aromatic carbocycles. The molecule has 1 unspecified atom stereocenters. The summed E-state index contributed by atoms with van der Waals surface area (Å²) in [5.41, 5.74) is 0.373. The van der Waals surface area contributed by atoms with Crippen LogP contribution in [0.5, 0.6) is 5.75 Å². The molecule has 0 spiro atoms. The number of hydrogen-bond acceptors (Lipinski definition) is 6. The second-order valence-corrected chi connectivity index (χ2v) is 8.47. The average Bonchev–Trinajstić information content (AvgIpc) is 3.06. The summed E-state index contributed by atoms with van der Waals surface area (Å²) >= 11 is 0. The second kappa shape index (κ2) is 6.94. The number of nitrogens with one attached hydrogen (secondary N) is 2. The van der Waals surface area contributed by atoms with Crippen LogP contribution in [-0.2, 0) is 19.4 Å². The van der Waals surface area contributed by atoms with Crippen molar-refractivity contribution in [2.24, 2.45) is 0 Å². The fourth-order valence-corrected chi connectivity index (χ4v) is 4.70. The highest BCUT2D eigenvalue weighted by molar-refractivity contribution is 7.91. The van der Waals surface area contributed by atoms with Crippen LogP contribution in [-0.4, -0.2) is 57.0 Å². The molecule has 3 rings (SSSR count). The van der Waals surface area contributed by atoms with Crippen LogP contribution in [0.25, 0.3) is 0 Å². The lowest BCUT2D eigenvalue weighted by Crippen LogP contribution is -2.41. The zero-order valence-electron chi connectivity index (χ0n) is 14.1. The predicted octanol–water partition coefficient (Wildman–Crippen LogP) is -0.187. The van der Waals surface area contributed by atoms with Crippen molar-refractivity contribution in [3.63, 3.8) is 0 Å². The number of ether oxygens (including phenoxy) is 1. The molecular weight excluding hydrogens is 362 g/mol. The number of carbonyl (C=O) groups is 3. The van der Waals surface area contributed by atoms with Gasteiger partial charge < -0.3 is 15.4 Å². The quantitative estimate of drug-likeness (QED) is 0.682. The van der Waals surface area contributed by atoms with Crippen LogP contribution in [0.3, 0.4) is 0 Å². The van der Waals surface area contributed by atoms with Gasteiger partial charge in [-0.25, -0.2) is 18.1 Å². The van der Waals surface area contributed by atoms with Gasteiger partial charge in [0.1, 0.15) is 11.8 Å². The number of carbonyl (C=O) groups excluding carboxylic acids is 3. The molecule has 4 amide bonds. The fraction of sp³-hybridized carbons (Fsp3) is 0.438. The molecule has 1 aromatic rings. The summed E-state index contributed by atoms with van der Waals surface area (Å²) in [5.74, 6) is -0.468. The van der Waals surface area contributed by atoms with Gasteiger partial charge in [0.2, 0.25) is 5.91 Å². The van der Waals surface area contributed by atoms with E-state index in [0.717, 1.165) is 4.90 Å². The predicted molar refractivity (Wildman–Crippen MR) is 92.6 cm³/mol. The van der Waals surface area contributed by atoms with Crippen LogP contribution in [0.1, 0.15) is 12.8 Å². The van der Waals surface area contributed by atoms with Crippen molar-refractivity contribution >= 4 is 33.4 Å². The fourth-order valence-electron chi connectivity index (χ4n) is 3.03. The number of rotatable bonds is 5. The molecule has 10 heteroatoms. The lowest BCUT2D eigenvalue weighted by atomic mass is 10.1. The Morgan fingerprint density at radius 1 is 1.31 bits per heavy atom. The third kappa shape index (κ3) is 3.79. The van der Waals surface area contributed by atoms with E-state index in [0.29, 0.717) is 17.9 Å². The Morgan fingerprint density at radius 3 is 2.58 bits per heavy atom. The van der Waals surface area contributed by atoms with Crippen LogP contribution in [0.2, 0.25) is 0 Å².